The quantitative estimate of drug-likeness (QED) is 0.321. The van der Waals surface area contributed by atoms with Crippen molar-refractivity contribution in [1.82, 2.24) is 0 Å². The van der Waals surface area contributed by atoms with Gasteiger partial charge in [0.05, 0.1) is 0 Å². The first-order valence-corrected chi connectivity index (χ1v) is 6.71. The molecule has 0 saturated heterocycles. The summed E-state index contributed by atoms with van der Waals surface area (Å²) >= 11 is 0. The summed E-state index contributed by atoms with van der Waals surface area (Å²) in [4.78, 5) is 0. The molecule has 0 spiro atoms. The summed E-state index contributed by atoms with van der Waals surface area (Å²) in [6.45, 7) is 4.50. The van der Waals surface area contributed by atoms with Gasteiger partial charge < -0.3 is 0 Å². The van der Waals surface area contributed by atoms with Crippen molar-refractivity contribution < 1.29 is 0 Å². The molecule has 0 saturated carbocycles. The maximum absolute atomic E-state index is 2.33. The summed E-state index contributed by atoms with van der Waals surface area (Å²) in [5, 5.41) is 0. The molecular formula is C15H28. The van der Waals surface area contributed by atoms with Crippen molar-refractivity contribution in [1.29, 1.82) is 0 Å². The third-order valence-corrected chi connectivity index (χ3v) is 2.55. The van der Waals surface area contributed by atoms with Crippen molar-refractivity contribution in [3.05, 3.63) is 24.3 Å². The molecular weight excluding hydrogens is 180 g/mol. The normalized spacial score (nSPS) is 11.9. The van der Waals surface area contributed by atoms with E-state index in [-0.39, 0.29) is 0 Å². The van der Waals surface area contributed by atoms with Crippen LogP contribution in [0.4, 0.5) is 0 Å². The first kappa shape index (κ1) is 14.5. The van der Waals surface area contributed by atoms with E-state index in [2.05, 4.69) is 38.2 Å². The molecule has 0 nitrogen and oxygen atoms in total. The van der Waals surface area contributed by atoms with Gasteiger partial charge >= 0.3 is 0 Å². The van der Waals surface area contributed by atoms with E-state index >= 15 is 0 Å². The van der Waals surface area contributed by atoms with E-state index in [1.165, 1.54) is 51.4 Å². The smallest absolute Gasteiger partial charge is 0.0169 e. The molecule has 0 atom stereocenters. The Labute approximate surface area is 96.5 Å². The van der Waals surface area contributed by atoms with Crippen molar-refractivity contribution in [2.75, 3.05) is 0 Å². The first-order chi connectivity index (χ1) is 7.41. The molecule has 0 unspecified atom stereocenters. The summed E-state index contributed by atoms with van der Waals surface area (Å²) in [5.41, 5.74) is 0. The maximum Gasteiger partial charge on any atom is -0.0169 e. The second-order valence-electron chi connectivity index (χ2n) is 4.17. The molecule has 15 heavy (non-hydrogen) atoms. The predicted octanol–water partition coefficient (Wildman–Crippen LogP) is 5.65. The van der Waals surface area contributed by atoms with E-state index in [4.69, 9.17) is 0 Å². The van der Waals surface area contributed by atoms with Crippen molar-refractivity contribution >= 4 is 0 Å². The molecule has 88 valence electrons. The largest absolute Gasteiger partial charge is 0.0882 e. The standard InChI is InChI=1S/C15H28/c1-3-5-7-9-11-13-15-14-12-10-8-6-4-2/h9,11,14-15H,3-8,10,12-13H2,1-2H3/b11-9+,15-14?. The molecule has 0 N–H and O–H groups in total. The van der Waals surface area contributed by atoms with Crippen LogP contribution in [0.1, 0.15) is 71.6 Å². The molecule has 0 heteroatoms. The Hall–Kier alpha value is -0.520. The third-order valence-electron chi connectivity index (χ3n) is 2.55. The summed E-state index contributed by atoms with van der Waals surface area (Å²) in [7, 11) is 0. The van der Waals surface area contributed by atoms with Crippen molar-refractivity contribution in [2.45, 2.75) is 71.6 Å². The van der Waals surface area contributed by atoms with Gasteiger partial charge in [-0.25, -0.2) is 0 Å². The van der Waals surface area contributed by atoms with Crippen molar-refractivity contribution in [2.24, 2.45) is 0 Å². The highest BCUT2D eigenvalue weighted by Gasteiger charge is 1.83. The van der Waals surface area contributed by atoms with Gasteiger partial charge in [0.2, 0.25) is 0 Å². The second-order valence-corrected chi connectivity index (χ2v) is 4.17. The Morgan fingerprint density at radius 2 is 1.20 bits per heavy atom. The molecule has 0 aromatic carbocycles. The minimum Gasteiger partial charge on any atom is -0.0882 e. The molecule has 0 amide bonds. The SMILES string of the molecule is CCCC/C=C/CC=CCCCCCC. The van der Waals surface area contributed by atoms with Gasteiger partial charge in [-0.05, 0) is 25.7 Å². The van der Waals surface area contributed by atoms with Crippen LogP contribution in [-0.2, 0) is 0 Å². The van der Waals surface area contributed by atoms with E-state index in [0.29, 0.717) is 0 Å². The Bertz CT molecular complexity index is 153. The fourth-order valence-corrected chi connectivity index (χ4v) is 1.52. The van der Waals surface area contributed by atoms with E-state index < -0.39 is 0 Å². The van der Waals surface area contributed by atoms with Crippen molar-refractivity contribution in [3.63, 3.8) is 0 Å². The highest BCUT2D eigenvalue weighted by Crippen LogP contribution is 2.03. The van der Waals surface area contributed by atoms with E-state index in [1.807, 2.05) is 0 Å². The Morgan fingerprint density at radius 1 is 0.600 bits per heavy atom. The van der Waals surface area contributed by atoms with Gasteiger partial charge in [-0.2, -0.15) is 0 Å². The van der Waals surface area contributed by atoms with Crippen molar-refractivity contribution in [3.8, 4) is 0 Å². The van der Waals surface area contributed by atoms with E-state index in [0.717, 1.165) is 6.42 Å². The summed E-state index contributed by atoms with van der Waals surface area (Å²) < 4.78 is 0. The van der Waals surface area contributed by atoms with Gasteiger partial charge in [0.15, 0.2) is 0 Å². The maximum atomic E-state index is 2.33. The van der Waals surface area contributed by atoms with Gasteiger partial charge in [0.1, 0.15) is 0 Å². The average molecular weight is 208 g/mol. The second kappa shape index (κ2) is 13.5. The molecule has 0 rings (SSSR count). The van der Waals surface area contributed by atoms with Crippen LogP contribution in [0.15, 0.2) is 24.3 Å². The van der Waals surface area contributed by atoms with Gasteiger partial charge in [-0.3, -0.25) is 0 Å². The number of hydrogen-bond donors (Lipinski definition) is 0. The molecule has 0 bridgehead atoms. The van der Waals surface area contributed by atoms with Crippen LogP contribution < -0.4 is 0 Å². The van der Waals surface area contributed by atoms with E-state index in [1.54, 1.807) is 0 Å². The molecule has 0 aliphatic rings. The number of allylic oxidation sites excluding steroid dienone is 4. The summed E-state index contributed by atoms with van der Waals surface area (Å²) in [6.07, 6.45) is 21.0. The Balaban J connectivity index is 3.13. The lowest BCUT2D eigenvalue weighted by atomic mass is 10.1. The van der Waals surface area contributed by atoms with Gasteiger partial charge in [-0.1, -0.05) is 70.3 Å². The molecule has 0 aromatic rings. The predicted molar refractivity (Wildman–Crippen MR) is 71.2 cm³/mol. The van der Waals surface area contributed by atoms with Crippen LogP contribution in [0.25, 0.3) is 0 Å². The number of hydrogen-bond acceptors (Lipinski definition) is 0. The minimum absolute atomic E-state index is 1.12. The number of unbranched alkanes of at least 4 members (excludes halogenated alkanes) is 6. The number of rotatable bonds is 10. The molecule has 0 fully saturated rings. The fourth-order valence-electron chi connectivity index (χ4n) is 1.52. The lowest BCUT2D eigenvalue weighted by molar-refractivity contribution is 0.674. The lowest BCUT2D eigenvalue weighted by Gasteiger charge is -1.93. The Morgan fingerprint density at radius 3 is 1.80 bits per heavy atom. The fraction of sp³-hybridized carbons (Fsp3) is 0.733. The van der Waals surface area contributed by atoms with Crippen LogP contribution in [0.2, 0.25) is 0 Å². The zero-order valence-electron chi connectivity index (χ0n) is 10.7. The van der Waals surface area contributed by atoms with Gasteiger partial charge in [-0.15, -0.1) is 0 Å². The Kier molecular flexibility index (Phi) is 13.0. The molecule has 0 radical (unpaired) electrons. The molecule has 0 aliphatic carbocycles. The first-order valence-electron chi connectivity index (χ1n) is 6.71. The lowest BCUT2D eigenvalue weighted by Crippen LogP contribution is -1.73. The third kappa shape index (κ3) is 13.5. The molecule has 0 heterocycles. The highest BCUT2D eigenvalue weighted by atomic mass is 13.9. The highest BCUT2D eigenvalue weighted by molar-refractivity contribution is 4.92. The molecule has 0 aliphatic heterocycles. The van der Waals surface area contributed by atoms with Crippen LogP contribution >= 0.6 is 0 Å². The zero-order valence-corrected chi connectivity index (χ0v) is 10.7. The monoisotopic (exact) mass is 208 g/mol. The zero-order chi connectivity index (χ0) is 11.2. The van der Waals surface area contributed by atoms with Gasteiger partial charge in [0, 0.05) is 0 Å². The summed E-state index contributed by atoms with van der Waals surface area (Å²) in [5.74, 6) is 0. The van der Waals surface area contributed by atoms with E-state index in [9.17, 15) is 0 Å². The van der Waals surface area contributed by atoms with Crippen LogP contribution in [0.3, 0.4) is 0 Å². The average Bonchev–Trinajstić information content (AvgIpc) is 2.26. The topological polar surface area (TPSA) is 0 Å². The molecule has 0 aromatic heterocycles. The van der Waals surface area contributed by atoms with Crippen LogP contribution in [0.5, 0.6) is 0 Å². The summed E-state index contributed by atoms with van der Waals surface area (Å²) in [6, 6.07) is 0. The van der Waals surface area contributed by atoms with Crippen LogP contribution in [-0.4, -0.2) is 0 Å². The van der Waals surface area contributed by atoms with Crippen LogP contribution in [0, 0.1) is 0 Å². The minimum atomic E-state index is 1.12. The van der Waals surface area contributed by atoms with Gasteiger partial charge in [0.25, 0.3) is 0 Å².